The zero-order valence-corrected chi connectivity index (χ0v) is 12.8. The Bertz CT molecular complexity index is 518. The second-order valence-corrected chi connectivity index (χ2v) is 5.86. The Labute approximate surface area is 121 Å². The Morgan fingerprint density at radius 1 is 1.35 bits per heavy atom. The van der Waals surface area contributed by atoms with Crippen molar-refractivity contribution in [2.24, 2.45) is 0 Å². The quantitative estimate of drug-likeness (QED) is 0.625. The normalized spacial score (nSPS) is 22.7. The van der Waals surface area contributed by atoms with E-state index in [1.54, 1.807) is 0 Å². The van der Waals surface area contributed by atoms with Crippen LogP contribution in [0.5, 0.6) is 0 Å². The Hall–Kier alpha value is -1.47. The van der Waals surface area contributed by atoms with Crippen molar-refractivity contribution in [2.75, 3.05) is 25.1 Å². The van der Waals surface area contributed by atoms with Gasteiger partial charge in [-0.05, 0) is 13.8 Å². The molecule has 0 saturated carbocycles. The van der Waals surface area contributed by atoms with Gasteiger partial charge in [0.2, 0.25) is 0 Å². The third-order valence-corrected chi connectivity index (χ3v) is 4.22. The molecule has 1 fully saturated rings. The van der Waals surface area contributed by atoms with Crippen molar-refractivity contribution in [2.45, 2.75) is 33.0 Å². The van der Waals surface area contributed by atoms with E-state index in [0.29, 0.717) is 23.1 Å². The minimum Gasteiger partial charge on any atom is -0.464 e. The zero-order valence-electron chi connectivity index (χ0n) is 12.0. The van der Waals surface area contributed by atoms with Crippen molar-refractivity contribution in [1.82, 2.24) is 4.98 Å². The molecule has 1 aliphatic rings. The van der Waals surface area contributed by atoms with Gasteiger partial charge < -0.3 is 14.4 Å². The lowest BCUT2D eigenvalue weighted by atomic mass is 10.2. The molecular weight excluding hydrogens is 280 g/mol. The number of esters is 1. The molecule has 2 rings (SSSR count). The maximum atomic E-state index is 11.7. The molecule has 0 N–H and O–H groups in total. The highest BCUT2D eigenvalue weighted by Gasteiger charge is 2.28. The molecule has 0 aliphatic carbocycles. The van der Waals surface area contributed by atoms with E-state index in [0.717, 1.165) is 0 Å². The fourth-order valence-electron chi connectivity index (χ4n) is 2.25. The summed E-state index contributed by atoms with van der Waals surface area (Å²) in [5.74, 6) is -0.754. The number of rotatable bonds is 3. The van der Waals surface area contributed by atoms with E-state index in [1.165, 1.54) is 25.4 Å². The molecule has 20 heavy (non-hydrogen) atoms. The van der Waals surface area contributed by atoms with Gasteiger partial charge >= 0.3 is 5.97 Å². The predicted molar refractivity (Wildman–Crippen MR) is 75.7 cm³/mol. The molecule has 2 atom stereocenters. The summed E-state index contributed by atoms with van der Waals surface area (Å²) < 4.78 is 10.3. The first-order chi connectivity index (χ1) is 9.42. The molecule has 110 valence electrons. The van der Waals surface area contributed by atoms with Gasteiger partial charge in [0.1, 0.15) is 4.88 Å². The number of anilines is 1. The molecule has 7 heteroatoms. The van der Waals surface area contributed by atoms with Crippen molar-refractivity contribution in [1.29, 1.82) is 0 Å². The van der Waals surface area contributed by atoms with Crippen LogP contribution >= 0.6 is 11.3 Å². The summed E-state index contributed by atoms with van der Waals surface area (Å²) in [7, 11) is 1.28. The first-order valence-electron chi connectivity index (χ1n) is 6.42. The molecule has 0 radical (unpaired) electrons. The van der Waals surface area contributed by atoms with Crippen LogP contribution in [0.25, 0.3) is 0 Å². The first kappa shape index (κ1) is 14.9. The van der Waals surface area contributed by atoms with Crippen LogP contribution in [0, 0.1) is 0 Å². The fraction of sp³-hybridized carbons (Fsp3) is 0.615. The summed E-state index contributed by atoms with van der Waals surface area (Å²) in [6, 6.07) is 0. The van der Waals surface area contributed by atoms with E-state index in [1.807, 2.05) is 18.7 Å². The molecule has 1 aliphatic heterocycles. The van der Waals surface area contributed by atoms with Crippen LogP contribution in [0.1, 0.15) is 40.9 Å². The number of methoxy groups -OCH3 is 1. The molecule has 0 spiro atoms. The van der Waals surface area contributed by atoms with Gasteiger partial charge in [0.05, 0.1) is 19.3 Å². The Balaban J connectivity index is 2.33. The number of carbonyl (C=O) groups excluding carboxylic acids is 2. The highest BCUT2D eigenvalue weighted by Crippen LogP contribution is 2.29. The fourth-order valence-corrected chi connectivity index (χ4v) is 3.22. The van der Waals surface area contributed by atoms with E-state index in [9.17, 15) is 9.59 Å². The van der Waals surface area contributed by atoms with Crippen LogP contribution in [-0.4, -0.2) is 49.1 Å². The van der Waals surface area contributed by atoms with E-state index >= 15 is 0 Å². The average molecular weight is 298 g/mol. The van der Waals surface area contributed by atoms with E-state index in [4.69, 9.17) is 4.74 Å². The van der Waals surface area contributed by atoms with Gasteiger partial charge in [-0.2, -0.15) is 0 Å². The number of carbonyl (C=O) groups is 2. The molecule has 2 heterocycles. The number of hydrogen-bond acceptors (Lipinski definition) is 7. The second kappa shape index (κ2) is 5.88. The second-order valence-electron chi connectivity index (χ2n) is 4.88. The molecule has 0 aromatic carbocycles. The van der Waals surface area contributed by atoms with Crippen LogP contribution in [0.15, 0.2) is 0 Å². The predicted octanol–water partition coefficient (Wildman–Crippen LogP) is 1.75. The van der Waals surface area contributed by atoms with Gasteiger partial charge in [0.15, 0.2) is 16.6 Å². The van der Waals surface area contributed by atoms with Gasteiger partial charge in [0.25, 0.3) is 0 Å². The van der Waals surface area contributed by atoms with Crippen LogP contribution in [0.4, 0.5) is 5.13 Å². The molecule has 6 nitrogen and oxygen atoms in total. The largest absolute Gasteiger partial charge is 0.464 e. The molecule has 1 saturated heterocycles. The lowest BCUT2D eigenvalue weighted by Crippen LogP contribution is -2.45. The van der Waals surface area contributed by atoms with Crippen molar-refractivity contribution in [3.63, 3.8) is 0 Å². The van der Waals surface area contributed by atoms with Gasteiger partial charge in [-0.15, -0.1) is 0 Å². The molecule has 0 amide bonds. The molecule has 1 aromatic heterocycles. The highest BCUT2D eigenvalue weighted by atomic mass is 32.1. The lowest BCUT2D eigenvalue weighted by molar-refractivity contribution is -0.00523. The number of aromatic nitrogens is 1. The minimum absolute atomic E-state index is 0.0880. The van der Waals surface area contributed by atoms with Gasteiger partial charge in [-0.1, -0.05) is 11.3 Å². The van der Waals surface area contributed by atoms with Crippen LogP contribution in [0.2, 0.25) is 0 Å². The van der Waals surface area contributed by atoms with Crippen LogP contribution < -0.4 is 4.90 Å². The van der Waals surface area contributed by atoms with E-state index in [-0.39, 0.29) is 23.7 Å². The highest BCUT2D eigenvalue weighted by molar-refractivity contribution is 7.17. The monoisotopic (exact) mass is 298 g/mol. The average Bonchev–Trinajstić information content (AvgIpc) is 2.81. The smallest absolute Gasteiger partial charge is 0.358 e. The first-order valence-corrected chi connectivity index (χ1v) is 7.24. The maximum absolute atomic E-state index is 11.7. The van der Waals surface area contributed by atoms with Crippen LogP contribution in [0.3, 0.4) is 0 Å². The number of hydrogen-bond donors (Lipinski definition) is 0. The third kappa shape index (κ3) is 2.99. The van der Waals surface area contributed by atoms with Crippen molar-refractivity contribution >= 4 is 28.2 Å². The van der Waals surface area contributed by atoms with E-state index < -0.39 is 5.97 Å². The lowest BCUT2D eigenvalue weighted by Gasteiger charge is -2.35. The number of ether oxygens (including phenoxy) is 2. The van der Waals surface area contributed by atoms with Gasteiger partial charge in [-0.3, -0.25) is 4.79 Å². The molecule has 2 unspecified atom stereocenters. The standard InChI is InChI=1S/C13H18N2O4S/c1-7-5-15(6-8(2)19-7)13-14-10(12(17)18-4)11(20-13)9(3)16/h7-8H,5-6H2,1-4H3. The molecule has 1 aromatic rings. The summed E-state index contributed by atoms with van der Waals surface area (Å²) in [5.41, 5.74) is 0.104. The third-order valence-electron chi connectivity index (χ3n) is 3.00. The van der Waals surface area contributed by atoms with E-state index in [2.05, 4.69) is 9.72 Å². The summed E-state index contributed by atoms with van der Waals surface area (Å²) in [4.78, 5) is 30.0. The maximum Gasteiger partial charge on any atom is 0.358 e. The molecule has 0 bridgehead atoms. The van der Waals surface area contributed by atoms with Gasteiger partial charge in [0, 0.05) is 20.0 Å². The number of thiazole rings is 1. The van der Waals surface area contributed by atoms with Crippen LogP contribution in [-0.2, 0) is 9.47 Å². The zero-order chi connectivity index (χ0) is 14.9. The van der Waals surface area contributed by atoms with Crippen molar-refractivity contribution < 1.29 is 19.1 Å². The Morgan fingerprint density at radius 3 is 2.45 bits per heavy atom. The SMILES string of the molecule is COC(=O)c1nc(N2CC(C)OC(C)C2)sc1C(C)=O. The summed E-state index contributed by atoms with van der Waals surface area (Å²) >= 11 is 1.23. The number of morpholine rings is 1. The Morgan fingerprint density at radius 2 is 1.95 bits per heavy atom. The van der Waals surface area contributed by atoms with Crippen molar-refractivity contribution in [3.05, 3.63) is 10.6 Å². The number of ketones is 1. The Kier molecular flexibility index (Phi) is 4.39. The number of nitrogens with zero attached hydrogens (tertiary/aromatic N) is 2. The van der Waals surface area contributed by atoms with Crippen molar-refractivity contribution in [3.8, 4) is 0 Å². The summed E-state index contributed by atoms with van der Waals surface area (Å²) in [6.07, 6.45) is 0.176. The number of Topliss-reactive ketones (excluding diaryl/α,β-unsaturated/α-hetero) is 1. The molecular formula is C13H18N2O4S. The summed E-state index contributed by atoms with van der Waals surface area (Å²) in [5, 5.41) is 0.664. The topological polar surface area (TPSA) is 68.7 Å². The van der Waals surface area contributed by atoms with Gasteiger partial charge in [-0.25, -0.2) is 9.78 Å². The minimum atomic E-state index is -0.577. The summed E-state index contributed by atoms with van der Waals surface area (Å²) in [6.45, 7) is 6.78.